The largest absolute Gasteiger partial charge is 0.299 e. The Hall–Kier alpha value is -2.41. The SMILES string of the molecule is CCC1C(CCC(=O)C2CCc3cc(C)ccc32)=CC=C1c1ccccc1. The summed E-state index contributed by atoms with van der Waals surface area (Å²) in [4.78, 5) is 13.0. The Labute approximate surface area is 162 Å². The van der Waals surface area contributed by atoms with Crippen molar-refractivity contribution in [2.24, 2.45) is 5.92 Å². The maximum Gasteiger partial charge on any atom is 0.140 e. The van der Waals surface area contributed by atoms with Crippen molar-refractivity contribution in [1.29, 1.82) is 0 Å². The molecule has 0 amide bonds. The van der Waals surface area contributed by atoms with Crippen LogP contribution in [0.4, 0.5) is 0 Å². The summed E-state index contributed by atoms with van der Waals surface area (Å²) < 4.78 is 0. The average molecular weight is 357 g/mol. The Morgan fingerprint density at radius 1 is 1.07 bits per heavy atom. The molecule has 0 spiro atoms. The van der Waals surface area contributed by atoms with E-state index in [1.165, 1.54) is 33.4 Å². The van der Waals surface area contributed by atoms with Crippen molar-refractivity contribution in [3.8, 4) is 0 Å². The van der Waals surface area contributed by atoms with Gasteiger partial charge >= 0.3 is 0 Å². The Morgan fingerprint density at radius 2 is 1.89 bits per heavy atom. The normalized spacial score (nSPS) is 21.0. The van der Waals surface area contributed by atoms with E-state index in [2.05, 4.69) is 74.5 Å². The number of aryl methyl sites for hydroxylation is 2. The predicted molar refractivity (Wildman–Crippen MR) is 113 cm³/mol. The third-order valence-electron chi connectivity index (χ3n) is 6.24. The second-order valence-electron chi connectivity index (χ2n) is 7.95. The van der Waals surface area contributed by atoms with Crippen molar-refractivity contribution in [3.05, 3.63) is 88.5 Å². The third kappa shape index (κ3) is 3.56. The van der Waals surface area contributed by atoms with Crippen molar-refractivity contribution in [2.45, 2.75) is 51.9 Å². The number of carbonyl (C=O) groups is 1. The van der Waals surface area contributed by atoms with Gasteiger partial charge in [-0.2, -0.15) is 0 Å². The Morgan fingerprint density at radius 3 is 2.67 bits per heavy atom. The number of benzene rings is 2. The van der Waals surface area contributed by atoms with Gasteiger partial charge in [-0.15, -0.1) is 0 Å². The molecule has 0 aliphatic heterocycles. The van der Waals surface area contributed by atoms with Crippen molar-refractivity contribution in [2.75, 3.05) is 0 Å². The van der Waals surface area contributed by atoms with E-state index in [-0.39, 0.29) is 5.92 Å². The Bertz CT molecular complexity index is 901. The van der Waals surface area contributed by atoms with E-state index in [1.54, 1.807) is 0 Å². The lowest BCUT2D eigenvalue weighted by Gasteiger charge is -2.19. The smallest absolute Gasteiger partial charge is 0.140 e. The van der Waals surface area contributed by atoms with Crippen LogP contribution >= 0.6 is 0 Å². The molecule has 4 rings (SSSR count). The number of rotatable bonds is 6. The van der Waals surface area contributed by atoms with Gasteiger partial charge in [0, 0.05) is 18.3 Å². The first kappa shape index (κ1) is 18.0. The first-order chi connectivity index (χ1) is 13.2. The van der Waals surface area contributed by atoms with Crippen molar-refractivity contribution in [3.63, 3.8) is 0 Å². The molecule has 0 radical (unpaired) electrons. The van der Waals surface area contributed by atoms with Gasteiger partial charge in [0.15, 0.2) is 0 Å². The molecule has 27 heavy (non-hydrogen) atoms. The molecule has 0 bridgehead atoms. The van der Waals surface area contributed by atoms with Crippen LogP contribution < -0.4 is 0 Å². The second kappa shape index (κ2) is 7.68. The fourth-order valence-electron chi connectivity index (χ4n) is 4.82. The van der Waals surface area contributed by atoms with Crippen LogP contribution in [0.5, 0.6) is 0 Å². The van der Waals surface area contributed by atoms with Crippen molar-refractivity contribution < 1.29 is 4.79 Å². The number of fused-ring (bicyclic) bond motifs is 1. The molecule has 2 aliphatic carbocycles. The van der Waals surface area contributed by atoms with Crippen LogP contribution in [0, 0.1) is 12.8 Å². The molecule has 0 saturated heterocycles. The van der Waals surface area contributed by atoms with Gasteiger partial charge in [-0.05, 0) is 54.9 Å². The van der Waals surface area contributed by atoms with E-state index in [1.807, 2.05) is 0 Å². The first-order valence-electron chi connectivity index (χ1n) is 10.3. The molecule has 2 aliphatic rings. The zero-order chi connectivity index (χ0) is 18.8. The van der Waals surface area contributed by atoms with E-state index < -0.39 is 0 Å². The predicted octanol–water partition coefficient (Wildman–Crippen LogP) is 6.42. The molecule has 2 unspecified atom stereocenters. The highest BCUT2D eigenvalue weighted by Crippen LogP contribution is 2.40. The van der Waals surface area contributed by atoms with Gasteiger partial charge in [-0.25, -0.2) is 0 Å². The van der Waals surface area contributed by atoms with Crippen LogP contribution in [0.1, 0.15) is 60.8 Å². The number of ketones is 1. The van der Waals surface area contributed by atoms with Gasteiger partial charge in [0.2, 0.25) is 0 Å². The average Bonchev–Trinajstić information content (AvgIpc) is 3.30. The summed E-state index contributed by atoms with van der Waals surface area (Å²) in [5.74, 6) is 0.990. The van der Waals surface area contributed by atoms with E-state index in [4.69, 9.17) is 0 Å². The number of carbonyl (C=O) groups excluding carboxylic acids is 1. The van der Waals surface area contributed by atoms with Gasteiger partial charge in [0.05, 0.1) is 0 Å². The summed E-state index contributed by atoms with van der Waals surface area (Å²) in [5.41, 5.74) is 8.09. The van der Waals surface area contributed by atoms with E-state index in [0.29, 0.717) is 18.1 Å². The fourth-order valence-corrected chi connectivity index (χ4v) is 4.82. The lowest BCUT2D eigenvalue weighted by atomic mass is 9.85. The minimum atomic E-state index is 0.115. The third-order valence-corrected chi connectivity index (χ3v) is 6.24. The lowest BCUT2D eigenvalue weighted by Crippen LogP contribution is -2.11. The van der Waals surface area contributed by atoms with E-state index in [9.17, 15) is 4.79 Å². The Kier molecular flexibility index (Phi) is 5.11. The summed E-state index contributed by atoms with van der Waals surface area (Å²) in [6.45, 7) is 4.38. The quantitative estimate of drug-likeness (QED) is 0.583. The van der Waals surface area contributed by atoms with Crippen LogP contribution in [-0.2, 0) is 11.2 Å². The summed E-state index contributed by atoms with van der Waals surface area (Å²) in [6, 6.07) is 17.2. The number of Topliss-reactive ketones (excluding diaryl/α,β-unsaturated/α-hetero) is 1. The van der Waals surface area contributed by atoms with Gasteiger partial charge in [0.25, 0.3) is 0 Å². The molecule has 0 aromatic heterocycles. The number of hydrogen-bond donors (Lipinski definition) is 0. The van der Waals surface area contributed by atoms with Crippen LogP contribution in [0.15, 0.2) is 66.3 Å². The van der Waals surface area contributed by atoms with Crippen molar-refractivity contribution >= 4 is 11.4 Å². The van der Waals surface area contributed by atoms with Gasteiger partial charge < -0.3 is 0 Å². The molecule has 138 valence electrons. The molecule has 2 aromatic rings. The van der Waals surface area contributed by atoms with E-state index in [0.717, 1.165) is 25.7 Å². The molecule has 2 atom stereocenters. The first-order valence-corrected chi connectivity index (χ1v) is 10.3. The monoisotopic (exact) mass is 356 g/mol. The lowest BCUT2D eigenvalue weighted by molar-refractivity contribution is -0.120. The van der Waals surface area contributed by atoms with Crippen LogP contribution in [0.2, 0.25) is 0 Å². The summed E-state index contributed by atoms with van der Waals surface area (Å²) in [6.07, 6.45) is 9.20. The van der Waals surface area contributed by atoms with E-state index >= 15 is 0 Å². The second-order valence-corrected chi connectivity index (χ2v) is 7.95. The number of hydrogen-bond acceptors (Lipinski definition) is 1. The highest BCUT2D eigenvalue weighted by Gasteiger charge is 2.29. The topological polar surface area (TPSA) is 17.1 Å². The molecule has 2 aromatic carbocycles. The highest BCUT2D eigenvalue weighted by molar-refractivity contribution is 5.87. The summed E-state index contributed by atoms with van der Waals surface area (Å²) >= 11 is 0. The molecule has 0 fully saturated rings. The minimum absolute atomic E-state index is 0.115. The molecule has 0 saturated carbocycles. The molecular weight excluding hydrogens is 328 g/mol. The maximum absolute atomic E-state index is 13.0. The number of allylic oxidation sites excluding steroid dienone is 4. The standard InChI is InChI=1S/C26H28O/c1-3-22-20(10-14-23(22)19-7-5-4-6-8-19)12-16-26(27)25-15-11-21-17-18(2)9-13-24(21)25/h4-10,13-14,17,22,25H,3,11-12,15-16H2,1-2H3. The highest BCUT2D eigenvalue weighted by atomic mass is 16.1. The Balaban J connectivity index is 1.41. The fraction of sp³-hybridized carbons (Fsp3) is 0.346. The molecule has 0 N–H and O–H groups in total. The zero-order valence-electron chi connectivity index (χ0n) is 16.4. The van der Waals surface area contributed by atoms with Crippen molar-refractivity contribution in [1.82, 2.24) is 0 Å². The van der Waals surface area contributed by atoms with Crippen LogP contribution in [0.3, 0.4) is 0 Å². The van der Waals surface area contributed by atoms with Crippen LogP contribution in [0.25, 0.3) is 5.57 Å². The van der Waals surface area contributed by atoms with Crippen LogP contribution in [-0.4, -0.2) is 5.78 Å². The molecule has 1 heteroatoms. The zero-order valence-corrected chi connectivity index (χ0v) is 16.4. The van der Waals surface area contributed by atoms with Gasteiger partial charge in [-0.3, -0.25) is 4.79 Å². The summed E-state index contributed by atoms with van der Waals surface area (Å²) in [7, 11) is 0. The molecule has 0 heterocycles. The van der Waals surface area contributed by atoms with Gasteiger partial charge in [0.1, 0.15) is 5.78 Å². The van der Waals surface area contributed by atoms with Gasteiger partial charge in [-0.1, -0.05) is 78.7 Å². The minimum Gasteiger partial charge on any atom is -0.299 e. The molecule has 1 nitrogen and oxygen atoms in total. The maximum atomic E-state index is 13.0. The molecular formula is C26H28O. The summed E-state index contributed by atoms with van der Waals surface area (Å²) in [5, 5.41) is 0.